The van der Waals surface area contributed by atoms with Crippen LogP contribution < -0.4 is 0 Å². The molecule has 162 valence electrons. The lowest BCUT2D eigenvalue weighted by molar-refractivity contribution is 0.0720. The summed E-state index contributed by atoms with van der Waals surface area (Å²) in [6.45, 7) is 8.41. The minimum absolute atomic E-state index is 0.162. The van der Waals surface area contributed by atoms with Gasteiger partial charge in [0.05, 0.1) is 6.61 Å². The molecule has 0 radical (unpaired) electrons. The Morgan fingerprint density at radius 2 is 1.76 bits per heavy atom. The molecule has 0 saturated carbocycles. The van der Waals surface area contributed by atoms with Crippen LogP contribution in [0.1, 0.15) is 38.2 Å². The number of amides is 1. The van der Waals surface area contributed by atoms with E-state index in [9.17, 15) is 9.18 Å². The number of halogens is 1. The molecule has 2 heterocycles. The monoisotopic (exact) mass is 405 g/mol. The smallest absolute Gasteiger partial charge is 0.409 e. The summed E-state index contributed by atoms with van der Waals surface area (Å²) in [6.07, 6.45) is 5.38. The molecular formula is C23H36FN3O2. The van der Waals surface area contributed by atoms with Crippen molar-refractivity contribution >= 4 is 6.09 Å². The van der Waals surface area contributed by atoms with Crippen LogP contribution >= 0.6 is 0 Å². The molecule has 3 rings (SSSR count). The average Bonchev–Trinajstić information content (AvgIpc) is 2.74. The fraction of sp³-hybridized carbons (Fsp3) is 0.696. The SMILES string of the molecule is CCOC(=O)N1CCC(N(C)CC2CCN(CCc3ccc(F)cc3)CC2)CC1. The minimum Gasteiger partial charge on any atom is -0.450 e. The third-order valence-corrected chi connectivity index (χ3v) is 6.50. The summed E-state index contributed by atoms with van der Waals surface area (Å²) in [4.78, 5) is 18.7. The minimum atomic E-state index is -0.165. The molecule has 29 heavy (non-hydrogen) atoms. The van der Waals surface area contributed by atoms with Gasteiger partial charge in [0, 0.05) is 32.2 Å². The van der Waals surface area contributed by atoms with E-state index in [0.29, 0.717) is 12.6 Å². The number of nitrogens with zero attached hydrogens (tertiary/aromatic N) is 3. The first kappa shape index (κ1) is 22.0. The van der Waals surface area contributed by atoms with E-state index in [2.05, 4.69) is 16.8 Å². The van der Waals surface area contributed by atoms with Gasteiger partial charge in [0.15, 0.2) is 0 Å². The molecule has 0 bridgehead atoms. The van der Waals surface area contributed by atoms with E-state index in [0.717, 1.165) is 64.4 Å². The maximum atomic E-state index is 13.0. The van der Waals surface area contributed by atoms with E-state index >= 15 is 0 Å². The van der Waals surface area contributed by atoms with Gasteiger partial charge in [0.2, 0.25) is 0 Å². The van der Waals surface area contributed by atoms with E-state index in [1.165, 1.54) is 18.4 Å². The van der Waals surface area contributed by atoms with E-state index < -0.39 is 0 Å². The topological polar surface area (TPSA) is 36.0 Å². The second-order valence-electron chi connectivity index (χ2n) is 8.52. The number of likely N-dealkylation sites (tertiary alicyclic amines) is 2. The molecule has 2 aliphatic rings. The van der Waals surface area contributed by atoms with Gasteiger partial charge in [-0.2, -0.15) is 0 Å². The lowest BCUT2D eigenvalue weighted by atomic mass is 9.94. The van der Waals surface area contributed by atoms with Gasteiger partial charge in [-0.1, -0.05) is 12.1 Å². The lowest BCUT2D eigenvalue weighted by Crippen LogP contribution is -2.47. The molecule has 2 fully saturated rings. The summed E-state index contributed by atoms with van der Waals surface area (Å²) in [5, 5.41) is 0. The number of rotatable bonds is 7. The molecule has 0 aliphatic carbocycles. The molecule has 2 saturated heterocycles. The summed E-state index contributed by atoms with van der Waals surface area (Å²) in [6, 6.07) is 7.45. The highest BCUT2D eigenvalue weighted by Crippen LogP contribution is 2.22. The van der Waals surface area contributed by atoms with Crippen LogP contribution in [0.5, 0.6) is 0 Å². The number of benzene rings is 1. The zero-order valence-corrected chi connectivity index (χ0v) is 18.0. The Morgan fingerprint density at radius 1 is 1.10 bits per heavy atom. The summed E-state index contributed by atoms with van der Waals surface area (Å²) >= 11 is 0. The molecule has 0 N–H and O–H groups in total. The average molecular weight is 406 g/mol. The first-order valence-electron chi connectivity index (χ1n) is 11.1. The second kappa shape index (κ2) is 10.9. The number of hydrogen-bond donors (Lipinski definition) is 0. The van der Waals surface area contributed by atoms with Crippen LogP contribution in [0.3, 0.4) is 0 Å². The van der Waals surface area contributed by atoms with E-state index in [4.69, 9.17) is 4.74 Å². The van der Waals surface area contributed by atoms with Gasteiger partial charge in [-0.05, 0) is 82.8 Å². The van der Waals surface area contributed by atoms with Crippen molar-refractivity contribution in [1.82, 2.24) is 14.7 Å². The number of ether oxygens (including phenoxy) is 1. The lowest BCUT2D eigenvalue weighted by Gasteiger charge is -2.39. The predicted molar refractivity (Wildman–Crippen MR) is 114 cm³/mol. The Bertz CT molecular complexity index is 624. The quantitative estimate of drug-likeness (QED) is 0.694. The molecule has 5 nitrogen and oxygen atoms in total. The zero-order valence-electron chi connectivity index (χ0n) is 18.0. The molecule has 1 aromatic rings. The molecule has 2 aliphatic heterocycles. The summed E-state index contributed by atoms with van der Waals surface area (Å²) in [5.74, 6) is 0.593. The Hall–Kier alpha value is -1.66. The van der Waals surface area contributed by atoms with Crippen LogP contribution in [0.4, 0.5) is 9.18 Å². The molecule has 6 heteroatoms. The van der Waals surface area contributed by atoms with Crippen LogP contribution in [0.25, 0.3) is 0 Å². The maximum absolute atomic E-state index is 13.0. The van der Waals surface area contributed by atoms with Gasteiger partial charge in [0.1, 0.15) is 5.82 Å². The maximum Gasteiger partial charge on any atom is 0.409 e. The van der Waals surface area contributed by atoms with Crippen molar-refractivity contribution < 1.29 is 13.9 Å². The van der Waals surface area contributed by atoms with Crippen molar-refractivity contribution in [3.8, 4) is 0 Å². The van der Waals surface area contributed by atoms with E-state index in [1.54, 1.807) is 12.1 Å². The van der Waals surface area contributed by atoms with Crippen molar-refractivity contribution in [3.05, 3.63) is 35.6 Å². The van der Waals surface area contributed by atoms with Crippen molar-refractivity contribution in [3.63, 3.8) is 0 Å². The summed E-state index contributed by atoms with van der Waals surface area (Å²) in [5.41, 5.74) is 1.21. The van der Waals surface area contributed by atoms with Crippen molar-refractivity contribution in [2.75, 3.05) is 52.9 Å². The van der Waals surface area contributed by atoms with Crippen LogP contribution in [-0.4, -0.2) is 79.8 Å². The van der Waals surface area contributed by atoms with E-state index in [1.807, 2.05) is 24.0 Å². The van der Waals surface area contributed by atoms with Crippen LogP contribution in [-0.2, 0) is 11.2 Å². The Balaban J connectivity index is 1.33. The highest BCUT2D eigenvalue weighted by molar-refractivity contribution is 5.67. The highest BCUT2D eigenvalue weighted by Gasteiger charge is 2.28. The van der Waals surface area contributed by atoms with Gasteiger partial charge in [0.25, 0.3) is 0 Å². The van der Waals surface area contributed by atoms with Gasteiger partial charge >= 0.3 is 6.09 Å². The highest BCUT2D eigenvalue weighted by atomic mass is 19.1. The van der Waals surface area contributed by atoms with Gasteiger partial charge in [-0.25, -0.2) is 9.18 Å². The van der Waals surface area contributed by atoms with Gasteiger partial charge in [-0.3, -0.25) is 0 Å². The summed E-state index contributed by atoms with van der Waals surface area (Å²) < 4.78 is 18.1. The fourth-order valence-corrected chi connectivity index (χ4v) is 4.59. The van der Waals surface area contributed by atoms with Crippen molar-refractivity contribution in [2.45, 2.75) is 45.1 Å². The zero-order chi connectivity index (χ0) is 20.6. The largest absolute Gasteiger partial charge is 0.450 e. The standard InChI is InChI=1S/C23H36FN3O2/c1-3-29-23(28)27-16-11-22(12-17-27)25(2)18-20-9-14-26(15-10-20)13-8-19-4-6-21(24)7-5-19/h4-7,20,22H,3,8-18H2,1-2H3. The normalized spacial score (nSPS) is 19.7. The van der Waals surface area contributed by atoms with Crippen LogP contribution in [0, 0.1) is 11.7 Å². The molecule has 0 spiro atoms. The predicted octanol–water partition coefficient (Wildman–Crippen LogP) is 3.63. The summed E-state index contributed by atoms with van der Waals surface area (Å²) in [7, 11) is 2.24. The molecule has 1 amide bonds. The van der Waals surface area contributed by atoms with E-state index in [-0.39, 0.29) is 11.9 Å². The first-order valence-corrected chi connectivity index (χ1v) is 11.1. The number of carbonyl (C=O) groups is 1. The Kier molecular flexibility index (Phi) is 8.30. The third-order valence-electron chi connectivity index (χ3n) is 6.50. The van der Waals surface area contributed by atoms with Crippen LogP contribution in [0.2, 0.25) is 0 Å². The third kappa shape index (κ3) is 6.68. The Labute approximate surface area is 174 Å². The molecular weight excluding hydrogens is 369 g/mol. The van der Waals surface area contributed by atoms with Gasteiger partial charge in [-0.15, -0.1) is 0 Å². The molecule has 0 aromatic heterocycles. The second-order valence-corrected chi connectivity index (χ2v) is 8.52. The Morgan fingerprint density at radius 3 is 2.38 bits per heavy atom. The van der Waals surface area contributed by atoms with Crippen molar-refractivity contribution in [2.24, 2.45) is 5.92 Å². The number of hydrogen-bond acceptors (Lipinski definition) is 4. The number of carbonyl (C=O) groups excluding carboxylic acids is 1. The van der Waals surface area contributed by atoms with Crippen LogP contribution in [0.15, 0.2) is 24.3 Å². The van der Waals surface area contributed by atoms with Gasteiger partial charge < -0.3 is 19.4 Å². The fourth-order valence-electron chi connectivity index (χ4n) is 4.59. The molecule has 1 aromatic carbocycles. The van der Waals surface area contributed by atoms with Crippen molar-refractivity contribution in [1.29, 1.82) is 0 Å². The molecule has 0 unspecified atom stereocenters. The number of piperidine rings is 2. The molecule has 0 atom stereocenters. The first-order chi connectivity index (χ1) is 14.0.